The Morgan fingerprint density at radius 1 is 1.06 bits per heavy atom. The molecule has 8 nitrogen and oxygen atoms in total. The molecule has 2 N–H and O–H groups in total. The van der Waals surface area contributed by atoms with Crippen molar-refractivity contribution < 1.29 is 9.53 Å². The predicted octanol–water partition coefficient (Wildman–Crippen LogP) is 3.84. The SMILES string of the molecule is COc1ccc2c(c1)[C@@](C)(Cc1ccc3c(-c4ccc(N5CCN(C)CC5)nc4)n[nH]c3c1)C(=O)N2. The van der Waals surface area contributed by atoms with Crippen molar-refractivity contribution in [1.29, 1.82) is 0 Å². The Balaban J connectivity index is 1.26. The molecule has 0 spiro atoms. The first-order chi connectivity index (χ1) is 17.4. The van der Waals surface area contributed by atoms with Crippen LogP contribution >= 0.6 is 0 Å². The van der Waals surface area contributed by atoms with E-state index in [0.29, 0.717) is 6.42 Å². The van der Waals surface area contributed by atoms with Gasteiger partial charge in [0.1, 0.15) is 17.3 Å². The Hall–Kier alpha value is -3.91. The van der Waals surface area contributed by atoms with E-state index < -0.39 is 5.41 Å². The fourth-order valence-corrected chi connectivity index (χ4v) is 5.33. The maximum Gasteiger partial charge on any atom is 0.235 e. The number of aromatic nitrogens is 3. The number of H-pyrrole nitrogens is 1. The van der Waals surface area contributed by atoms with Gasteiger partial charge in [0.2, 0.25) is 5.91 Å². The van der Waals surface area contributed by atoms with Crippen LogP contribution in [0.15, 0.2) is 54.7 Å². The lowest BCUT2D eigenvalue weighted by molar-refractivity contribution is -0.120. The third-order valence-electron chi connectivity index (χ3n) is 7.60. The molecule has 1 atom stereocenters. The highest BCUT2D eigenvalue weighted by molar-refractivity contribution is 6.06. The van der Waals surface area contributed by atoms with Crippen molar-refractivity contribution in [2.24, 2.45) is 0 Å². The van der Waals surface area contributed by atoms with Gasteiger partial charge in [0.05, 0.1) is 18.0 Å². The van der Waals surface area contributed by atoms with Crippen molar-refractivity contribution >= 4 is 28.3 Å². The number of nitrogens with zero attached hydrogens (tertiary/aromatic N) is 4. The van der Waals surface area contributed by atoms with Crippen LogP contribution in [-0.4, -0.2) is 66.3 Å². The van der Waals surface area contributed by atoms with Crippen molar-refractivity contribution in [1.82, 2.24) is 20.1 Å². The van der Waals surface area contributed by atoms with E-state index in [4.69, 9.17) is 9.72 Å². The zero-order valence-corrected chi connectivity index (χ0v) is 20.8. The number of nitrogens with one attached hydrogen (secondary N) is 2. The number of aromatic amines is 1. The maximum absolute atomic E-state index is 13.0. The molecule has 1 saturated heterocycles. The molecule has 2 aliphatic rings. The first kappa shape index (κ1) is 22.5. The third-order valence-corrected chi connectivity index (χ3v) is 7.60. The molecule has 0 bridgehead atoms. The molecule has 36 heavy (non-hydrogen) atoms. The number of carbonyl (C=O) groups is 1. The predicted molar refractivity (Wildman–Crippen MR) is 142 cm³/mol. The zero-order chi connectivity index (χ0) is 24.9. The summed E-state index contributed by atoms with van der Waals surface area (Å²) in [5.41, 5.74) is 5.00. The van der Waals surface area contributed by atoms with Gasteiger partial charge in [-0.25, -0.2) is 4.98 Å². The van der Waals surface area contributed by atoms with Crippen molar-refractivity contribution in [3.05, 3.63) is 65.9 Å². The van der Waals surface area contributed by atoms with Gasteiger partial charge in [0, 0.05) is 49.0 Å². The Morgan fingerprint density at radius 3 is 2.64 bits per heavy atom. The zero-order valence-electron chi connectivity index (χ0n) is 20.8. The Bertz CT molecular complexity index is 1440. The lowest BCUT2D eigenvalue weighted by Crippen LogP contribution is -2.44. The second kappa shape index (κ2) is 8.64. The molecule has 1 fully saturated rings. The van der Waals surface area contributed by atoms with Crippen LogP contribution in [0.3, 0.4) is 0 Å². The molecule has 6 rings (SSSR count). The highest BCUT2D eigenvalue weighted by atomic mass is 16.5. The molecule has 4 heterocycles. The van der Waals surface area contributed by atoms with Gasteiger partial charge in [-0.1, -0.05) is 12.1 Å². The van der Waals surface area contributed by atoms with Gasteiger partial charge in [-0.3, -0.25) is 9.89 Å². The minimum Gasteiger partial charge on any atom is -0.497 e. The number of hydrogen-bond acceptors (Lipinski definition) is 6. The molecule has 2 aliphatic heterocycles. The number of ether oxygens (including phenoxy) is 1. The maximum atomic E-state index is 13.0. The molecule has 0 saturated carbocycles. The number of pyridine rings is 1. The number of hydrogen-bond donors (Lipinski definition) is 2. The van der Waals surface area contributed by atoms with E-state index in [1.807, 2.05) is 31.3 Å². The average molecular weight is 483 g/mol. The van der Waals surface area contributed by atoms with Gasteiger partial charge in [0.25, 0.3) is 0 Å². The fourth-order valence-electron chi connectivity index (χ4n) is 5.33. The summed E-state index contributed by atoms with van der Waals surface area (Å²) in [6, 6.07) is 16.2. The van der Waals surface area contributed by atoms with Gasteiger partial charge in [0.15, 0.2) is 0 Å². The minimum atomic E-state index is -0.677. The summed E-state index contributed by atoms with van der Waals surface area (Å²) in [5.74, 6) is 1.76. The number of piperazine rings is 1. The van der Waals surface area contributed by atoms with E-state index in [1.54, 1.807) is 7.11 Å². The summed E-state index contributed by atoms with van der Waals surface area (Å²) in [6.07, 6.45) is 2.48. The number of anilines is 2. The monoisotopic (exact) mass is 482 g/mol. The molecule has 0 aliphatic carbocycles. The van der Waals surface area contributed by atoms with Gasteiger partial charge in [-0.2, -0.15) is 5.10 Å². The van der Waals surface area contributed by atoms with Crippen LogP contribution in [0.1, 0.15) is 18.1 Å². The molecule has 8 heteroatoms. The summed E-state index contributed by atoms with van der Waals surface area (Å²) in [5, 5.41) is 11.8. The molecular weight excluding hydrogens is 452 g/mol. The van der Waals surface area contributed by atoms with Crippen molar-refractivity contribution in [3.63, 3.8) is 0 Å². The third kappa shape index (κ3) is 3.78. The van der Waals surface area contributed by atoms with Crippen LogP contribution in [0.4, 0.5) is 11.5 Å². The first-order valence-corrected chi connectivity index (χ1v) is 12.3. The normalized spacial score (nSPS) is 20.0. The fraction of sp³-hybridized carbons (Fsp3) is 0.321. The van der Waals surface area contributed by atoms with Gasteiger partial charge < -0.3 is 19.9 Å². The van der Waals surface area contributed by atoms with E-state index >= 15 is 0 Å². The molecule has 0 radical (unpaired) electrons. The van der Waals surface area contributed by atoms with E-state index in [1.165, 1.54) is 0 Å². The molecule has 2 aromatic heterocycles. The highest BCUT2D eigenvalue weighted by Gasteiger charge is 2.43. The first-order valence-electron chi connectivity index (χ1n) is 12.3. The average Bonchev–Trinajstić information content (AvgIpc) is 3.42. The van der Waals surface area contributed by atoms with Crippen molar-refractivity contribution in [2.75, 3.05) is 50.6 Å². The van der Waals surface area contributed by atoms with E-state index in [-0.39, 0.29) is 5.91 Å². The second-order valence-corrected chi connectivity index (χ2v) is 10.0. The summed E-state index contributed by atoms with van der Waals surface area (Å²) >= 11 is 0. The lowest BCUT2D eigenvalue weighted by atomic mass is 9.78. The summed E-state index contributed by atoms with van der Waals surface area (Å²) in [6.45, 7) is 6.07. The largest absolute Gasteiger partial charge is 0.497 e. The molecule has 1 amide bonds. The Morgan fingerprint density at radius 2 is 1.89 bits per heavy atom. The lowest BCUT2D eigenvalue weighted by Gasteiger charge is -2.33. The Labute approximate surface area is 210 Å². The highest BCUT2D eigenvalue weighted by Crippen LogP contribution is 2.42. The van der Waals surface area contributed by atoms with Crippen molar-refractivity contribution in [2.45, 2.75) is 18.8 Å². The smallest absolute Gasteiger partial charge is 0.235 e. The minimum absolute atomic E-state index is 0.00247. The van der Waals surface area contributed by atoms with Crippen LogP contribution < -0.4 is 15.0 Å². The molecule has 4 aromatic rings. The number of amides is 1. The quantitative estimate of drug-likeness (QED) is 0.450. The van der Waals surface area contributed by atoms with Crippen molar-refractivity contribution in [3.8, 4) is 17.0 Å². The molecule has 2 aromatic carbocycles. The van der Waals surface area contributed by atoms with Crippen LogP contribution in [0.2, 0.25) is 0 Å². The number of carbonyl (C=O) groups excluding carboxylic acids is 1. The topological polar surface area (TPSA) is 86.4 Å². The Kier molecular flexibility index (Phi) is 5.41. The van der Waals surface area contributed by atoms with Gasteiger partial charge >= 0.3 is 0 Å². The van der Waals surface area contributed by atoms with Gasteiger partial charge in [-0.15, -0.1) is 0 Å². The van der Waals surface area contributed by atoms with Crippen LogP contribution in [0, 0.1) is 0 Å². The number of benzene rings is 2. The van der Waals surface area contributed by atoms with E-state index in [0.717, 1.165) is 76.7 Å². The number of likely N-dealkylation sites (N-methyl/N-ethyl adjacent to an activating group) is 1. The summed E-state index contributed by atoms with van der Waals surface area (Å²) in [4.78, 5) is 22.4. The van der Waals surface area contributed by atoms with Crippen LogP contribution in [0.25, 0.3) is 22.2 Å². The molecule has 0 unspecified atom stereocenters. The number of rotatable bonds is 5. The summed E-state index contributed by atoms with van der Waals surface area (Å²) < 4.78 is 5.40. The number of methoxy groups -OCH3 is 1. The van der Waals surface area contributed by atoms with Gasteiger partial charge in [-0.05, 0) is 67.9 Å². The van der Waals surface area contributed by atoms with E-state index in [9.17, 15) is 4.79 Å². The second-order valence-electron chi connectivity index (χ2n) is 10.0. The summed E-state index contributed by atoms with van der Waals surface area (Å²) in [7, 11) is 3.79. The molecule has 184 valence electrons. The standard InChI is InChI=1S/C28H30N6O2/c1-28(22-15-20(36-3)6-8-23(22)30-27(28)35)16-18-4-7-21-24(14-18)31-32-26(21)19-5-9-25(29-17-19)34-12-10-33(2)11-13-34/h4-9,14-15,17H,10-13,16H2,1-3H3,(H,30,35)(H,31,32)/t28-/m1/s1. The van der Waals surface area contributed by atoms with E-state index in [2.05, 4.69) is 62.7 Å². The number of fused-ring (bicyclic) bond motifs is 2. The van der Waals surface area contributed by atoms with Crippen LogP contribution in [-0.2, 0) is 16.6 Å². The van der Waals surface area contributed by atoms with Crippen LogP contribution in [0.5, 0.6) is 5.75 Å². The molecular formula is C28H30N6O2.